The Hall–Kier alpha value is -1.42. The number of carbonyl (C=O) groups excluding carboxylic acids is 3. The fraction of sp³-hybridized carbons (Fsp3) is 0.182. The molecule has 0 radical (unpaired) electrons. The second-order valence-corrected chi connectivity index (χ2v) is 5.99. The molecule has 0 aliphatic carbocycles. The van der Waals surface area contributed by atoms with Crippen LogP contribution in [0.25, 0.3) is 0 Å². The molecule has 0 saturated heterocycles. The minimum absolute atomic E-state index is 0. The van der Waals surface area contributed by atoms with Gasteiger partial charge in [0.2, 0.25) is 11.8 Å². The number of rotatable bonds is 6. The van der Waals surface area contributed by atoms with Gasteiger partial charge in [0.25, 0.3) is 0 Å². The van der Waals surface area contributed by atoms with Crippen molar-refractivity contribution < 1.29 is 57.5 Å². The number of benzene rings is 1. The zero-order valence-corrected chi connectivity index (χ0v) is 14.0. The molecule has 0 aliphatic rings. The van der Waals surface area contributed by atoms with E-state index < -0.39 is 39.8 Å². The summed E-state index contributed by atoms with van der Waals surface area (Å²) in [6.45, 7) is 0. The number of hydrogen-bond donors (Lipinski definition) is 2. The first-order valence-electron chi connectivity index (χ1n) is 5.31. The van der Waals surface area contributed by atoms with Crippen LogP contribution in [0.5, 0.6) is 0 Å². The Kier molecular flexibility index (Phi) is 7.04. The van der Waals surface area contributed by atoms with Crippen molar-refractivity contribution in [2.75, 3.05) is 5.75 Å². The average Bonchev–Trinajstić information content (AvgIpc) is 2.35. The van der Waals surface area contributed by atoms with Crippen LogP contribution < -0.4 is 46.1 Å². The maximum absolute atomic E-state index is 11.8. The molecule has 1 aromatic carbocycles. The summed E-state index contributed by atoms with van der Waals surface area (Å²) in [6.07, 6.45) is -0.689. The number of hydrogen-bond acceptors (Lipinski definition) is 6. The number of carbonyl (C=O) groups is 3. The predicted molar refractivity (Wildman–Crippen MR) is 65.2 cm³/mol. The van der Waals surface area contributed by atoms with E-state index in [0.29, 0.717) is 0 Å². The largest absolute Gasteiger partial charge is 1.00 e. The van der Waals surface area contributed by atoms with Crippen LogP contribution in [-0.4, -0.2) is 32.0 Å². The molecule has 0 unspecified atom stereocenters. The van der Waals surface area contributed by atoms with Crippen LogP contribution in [0.4, 0.5) is 0 Å². The van der Waals surface area contributed by atoms with E-state index in [-0.39, 0.29) is 45.6 Å². The molecule has 21 heavy (non-hydrogen) atoms. The second kappa shape index (κ2) is 7.55. The molecular weight excluding hydrogens is 311 g/mol. The average molecular weight is 322 g/mol. The van der Waals surface area contributed by atoms with E-state index in [1.807, 2.05) is 0 Å². The van der Waals surface area contributed by atoms with E-state index in [2.05, 4.69) is 0 Å². The predicted octanol–water partition coefficient (Wildman–Crippen LogP) is -5.20. The van der Waals surface area contributed by atoms with E-state index in [1.54, 1.807) is 0 Å². The number of amides is 2. The molecule has 108 valence electrons. The fourth-order valence-electron chi connectivity index (χ4n) is 1.47. The van der Waals surface area contributed by atoms with Gasteiger partial charge in [-0.15, -0.1) is 0 Å². The molecule has 0 bridgehead atoms. The second-order valence-electron chi connectivity index (χ2n) is 3.88. The minimum atomic E-state index is -3.93. The van der Waals surface area contributed by atoms with Gasteiger partial charge in [0, 0.05) is 12.4 Å². The van der Waals surface area contributed by atoms with Crippen molar-refractivity contribution in [1.29, 1.82) is 0 Å². The van der Waals surface area contributed by atoms with Gasteiger partial charge in [-0.1, -0.05) is 0 Å². The Morgan fingerprint density at radius 2 is 1.57 bits per heavy atom. The number of aliphatic carboxylic acids is 1. The Morgan fingerprint density at radius 1 is 1.05 bits per heavy atom. The fourth-order valence-corrected chi connectivity index (χ4v) is 2.71. The molecule has 8 nitrogen and oxygen atoms in total. The van der Waals surface area contributed by atoms with Crippen LogP contribution in [0, 0.1) is 0 Å². The van der Waals surface area contributed by atoms with Crippen LogP contribution in [0.2, 0.25) is 0 Å². The molecule has 0 aromatic heterocycles. The number of carboxylic acid groups (broad SMARTS) is 1. The normalized spacial score (nSPS) is 10.5. The van der Waals surface area contributed by atoms with Crippen LogP contribution in [0.3, 0.4) is 0 Å². The van der Waals surface area contributed by atoms with E-state index in [9.17, 15) is 27.9 Å². The number of primary amides is 2. The maximum Gasteiger partial charge on any atom is 1.00 e. The summed E-state index contributed by atoms with van der Waals surface area (Å²) in [5.74, 6) is -4.16. The Labute approximate surface area is 142 Å². The first-order chi connectivity index (χ1) is 9.15. The molecule has 0 heterocycles. The van der Waals surface area contributed by atoms with Gasteiger partial charge in [-0.25, -0.2) is 8.42 Å². The molecule has 0 spiro atoms. The zero-order chi connectivity index (χ0) is 15.5. The number of sulfone groups is 1. The molecule has 0 saturated carbocycles. The Morgan fingerprint density at radius 3 is 2.00 bits per heavy atom. The SMILES string of the molecule is NC(=O)c1ccc(S(=O)(=O)CCC(=O)[O-])cc1C(N)=O.[Na+]. The van der Waals surface area contributed by atoms with Crippen molar-refractivity contribution in [1.82, 2.24) is 0 Å². The summed E-state index contributed by atoms with van der Waals surface area (Å²) < 4.78 is 23.7. The summed E-state index contributed by atoms with van der Waals surface area (Å²) in [7, 11) is -3.93. The van der Waals surface area contributed by atoms with Crippen molar-refractivity contribution in [2.45, 2.75) is 11.3 Å². The molecule has 0 atom stereocenters. The monoisotopic (exact) mass is 322 g/mol. The van der Waals surface area contributed by atoms with Crippen LogP contribution in [0.1, 0.15) is 27.1 Å². The van der Waals surface area contributed by atoms with Gasteiger partial charge in [-0.2, -0.15) is 0 Å². The molecule has 10 heteroatoms. The van der Waals surface area contributed by atoms with E-state index >= 15 is 0 Å². The summed E-state index contributed by atoms with van der Waals surface area (Å²) in [6, 6.07) is 3.00. The summed E-state index contributed by atoms with van der Waals surface area (Å²) in [4.78, 5) is 32.2. The molecule has 0 fully saturated rings. The van der Waals surface area contributed by atoms with Crippen LogP contribution in [0.15, 0.2) is 23.1 Å². The third-order valence-electron chi connectivity index (χ3n) is 2.46. The Bertz CT molecular complexity index is 686. The van der Waals surface area contributed by atoms with Crippen LogP contribution >= 0.6 is 0 Å². The first kappa shape index (κ1) is 19.6. The van der Waals surface area contributed by atoms with Gasteiger partial charge < -0.3 is 21.4 Å². The van der Waals surface area contributed by atoms with Crippen molar-refractivity contribution in [3.8, 4) is 0 Å². The first-order valence-corrected chi connectivity index (χ1v) is 6.96. The smallest absolute Gasteiger partial charge is 0.550 e. The number of carboxylic acids is 1. The van der Waals surface area contributed by atoms with Gasteiger partial charge in [0.1, 0.15) is 0 Å². The van der Waals surface area contributed by atoms with Crippen molar-refractivity contribution >= 4 is 27.6 Å². The van der Waals surface area contributed by atoms with Crippen LogP contribution in [-0.2, 0) is 14.6 Å². The standard InChI is InChI=1S/C11H12N2O6S.Na/c12-10(16)7-2-1-6(5-8(7)11(13)17)20(18,19)4-3-9(14)15;/h1-2,5H,3-4H2,(H2,12,16)(H2,13,17)(H,14,15);/q;+1/p-1. The molecule has 0 aliphatic heterocycles. The maximum atomic E-state index is 11.8. The van der Waals surface area contributed by atoms with Gasteiger partial charge in [0.15, 0.2) is 9.84 Å². The van der Waals surface area contributed by atoms with Crippen molar-refractivity contribution in [2.24, 2.45) is 11.5 Å². The summed E-state index contributed by atoms with van der Waals surface area (Å²) >= 11 is 0. The molecular formula is C11H11N2NaO6S. The quantitative estimate of drug-likeness (QED) is 0.498. The third-order valence-corrected chi connectivity index (χ3v) is 4.17. The minimum Gasteiger partial charge on any atom is -0.550 e. The van der Waals surface area contributed by atoms with Gasteiger partial charge in [0.05, 0.1) is 21.8 Å². The topological polar surface area (TPSA) is 160 Å². The van der Waals surface area contributed by atoms with Gasteiger partial charge in [-0.3, -0.25) is 9.59 Å². The molecule has 1 rings (SSSR count). The Balaban J connectivity index is 0.00000400. The summed E-state index contributed by atoms with van der Waals surface area (Å²) in [5.41, 5.74) is 9.52. The van der Waals surface area contributed by atoms with Crippen molar-refractivity contribution in [3.63, 3.8) is 0 Å². The van der Waals surface area contributed by atoms with Crippen molar-refractivity contribution in [3.05, 3.63) is 29.3 Å². The molecule has 1 aromatic rings. The molecule has 2 amide bonds. The summed E-state index contributed by atoms with van der Waals surface area (Å²) in [5, 5.41) is 10.3. The van der Waals surface area contributed by atoms with E-state index in [0.717, 1.165) is 18.2 Å². The molecule has 4 N–H and O–H groups in total. The van der Waals surface area contributed by atoms with E-state index in [1.165, 1.54) is 0 Å². The third kappa shape index (κ3) is 5.12. The van der Waals surface area contributed by atoms with Gasteiger partial charge in [-0.05, 0) is 18.2 Å². The zero-order valence-electron chi connectivity index (χ0n) is 11.2. The number of nitrogens with two attached hydrogens (primary N) is 2. The van der Waals surface area contributed by atoms with E-state index in [4.69, 9.17) is 11.5 Å². The van der Waals surface area contributed by atoms with Gasteiger partial charge >= 0.3 is 29.6 Å².